The van der Waals surface area contributed by atoms with Gasteiger partial charge in [0.1, 0.15) is 17.7 Å². The molecule has 5 nitrogen and oxygen atoms in total. The van der Waals surface area contributed by atoms with E-state index in [-0.39, 0.29) is 23.8 Å². The number of fused-ring (bicyclic) bond motifs is 1. The maximum absolute atomic E-state index is 13.7. The number of thioether (sulfide) groups is 1. The van der Waals surface area contributed by atoms with E-state index in [1.54, 1.807) is 30.1 Å². The standard InChI is InChI=1S/C25H25FN4OS/c1-32-20-8-9-21-17(13-20)14-28-24(21)25(31)29-23-10-7-19(15-27-23)30-11-3-6-22(30)16-4-2-5-18(26)12-16/h2,4-5,7-10,12-13,15,22,24,28H,3,6,11,14H2,1H3,(H,27,29,31). The molecule has 0 spiro atoms. The largest absolute Gasteiger partial charge is 0.363 e. The molecule has 1 saturated heterocycles. The van der Waals surface area contributed by atoms with Crippen LogP contribution in [0.1, 0.15) is 41.6 Å². The Bertz CT molecular complexity index is 1140. The van der Waals surface area contributed by atoms with E-state index in [0.29, 0.717) is 12.4 Å². The summed E-state index contributed by atoms with van der Waals surface area (Å²) in [6.07, 6.45) is 5.86. The second-order valence-electron chi connectivity index (χ2n) is 8.18. The Balaban J connectivity index is 1.28. The summed E-state index contributed by atoms with van der Waals surface area (Å²) < 4.78 is 13.7. The number of pyridine rings is 1. The number of hydrogen-bond donors (Lipinski definition) is 2. The van der Waals surface area contributed by atoms with E-state index < -0.39 is 0 Å². The number of hydrogen-bond acceptors (Lipinski definition) is 5. The number of amides is 1. The van der Waals surface area contributed by atoms with Crippen LogP contribution >= 0.6 is 11.8 Å². The van der Waals surface area contributed by atoms with Crippen molar-refractivity contribution in [2.75, 3.05) is 23.0 Å². The van der Waals surface area contributed by atoms with Crippen LogP contribution < -0.4 is 15.5 Å². The number of anilines is 2. The van der Waals surface area contributed by atoms with E-state index >= 15 is 0 Å². The van der Waals surface area contributed by atoms with Crippen molar-refractivity contribution >= 4 is 29.2 Å². The summed E-state index contributed by atoms with van der Waals surface area (Å²) >= 11 is 1.70. The Morgan fingerprint density at radius 2 is 2.12 bits per heavy atom. The van der Waals surface area contributed by atoms with Gasteiger partial charge in [0.15, 0.2) is 0 Å². The Labute approximate surface area is 191 Å². The van der Waals surface area contributed by atoms with Gasteiger partial charge in [0, 0.05) is 18.0 Å². The first-order chi connectivity index (χ1) is 15.6. The Hall–Kier alpha value is -2.90. The second kappa shape index (κ2) is 8.92. The lowest BCUT2D eigenvalue weighted by molar-refractivity contribution is -0.118. The molecule has 2 aliphatic heterocycles. The van der Waals surface area contributed by atoms with Gasteiger partial charge >= 0.3 is 0 Å². The number of aromatic nitrogens is 1. The van der Waals surface area contributed by atoms with Crippen LogP contribution in [0.5, 0.6) is 0 Å². The molecule has 7 heteroatoms. The fraction of sp³-hybridized carbons (Fsp3) is 0.280. The summed E-state index contributed by atoms with van der Waals surface area (Å²) in [5.74, 6) is 0.202. The zero-order chi connectivity index (χ0) is 22.1. The van der Waals surface area contributed by atoms with E-state index in [9.17, 15) is 9.18 Å². The van der Waals surface area contributed by atoms with E-state index in [1.807, 2.05) is 30.5 Å². The lowest BCUT2D eigenvalue weighted by atomic mass is 10.0. The fourth-order valence-electron chi connectivity index (χ4n) is 4.66. The minimum absolute atomic E-state index is 0.111. The van der Waals surface area contributed by atoms with Gasteiger partial charge < -0.3 is 10.2 Å². The van der Waals surface area contributed by atoms with Crippen molar-refractivity contribution in [3.05, 3.63) is 83.3 Å². The highest BCUT2D eigenvalue weighted by molar-refractivity contribution is 7.98. The zero-order valence-corrected chi connectivity index (χ0v) is 18.7. The number of nitrogens with one attached hydrogen (secondary N) is 2. The Kier molecular flexibility index (Phi) is 5.85. The van der Waals surface area contributed by atoms with Crippen LogP contribution in [-0.2, 0) is 11.3 Å². The molecule has 1 aromatic heterocycles. The lowest BCUT2D eigenvalue weighted by Gasteiger charge is -2.27. The highest BCUT2D eigenvalue weighted by atomic mass is 32.2. The molecule has 0 aliphatic carbocycles. The van der Waals surface area contributed by atoms with Gasteiger partial charge in [-0.1, -0.05) is 18.2 Å². The first-order valence-electron chi connectivity index (χ1n) is 10.8. The topological polar surface area (TPSA) is 57.3 Å². The van der Waals surface area contributed by atoms with Gasteiger partial charge in [-0.15, -0.1) is 11.8 Å². The molecule has 3 heterocycles. The molecule has 0 saturated carbocycles. The number of benzene rings is 2. The number of rotatable bonds is 5. The third-order valence-corrected chi connectivity index (χ3v) is 6.96. The first kappa shape index (κ1) is 21.0. The summed E-state index contributed by atoms with van der Waals surface area (Å²) in [4.78, 5) is 20.8. The molecule has 1 amide bonds. The Morgan fingerprint density at radius 3 is 2.91 bits per heavy atom. The van der Waals surface area contributed by atoms with Crippen molar-refractivity contribution < 1.29 is 9.18 Å². The van der Waals surface area contributed by atoms with Crippen molar-refractivity contribution in [1.82, 2.24) is 10.3 Å². The second-order valence-corrected chi connectivity index (χ2v) is 9.06. The fourth-order valence-corrected chi connectivity index (χ4v) is 5.13. The van der Waals surface area contributed by atoms with E-state index in [4.69, 9.17) is 0 Å². The Morgan fingerprint density at radius 1 is 1.22 bits per heavy atom. The maximum Gasteiger partial charge on any atom is 0.247 e. The smallest absolute Gasteiger partial charge is 0.247 e. The van der Waals surface area contributed by atoms with Crippen molar-refractivity contribution in [3.8, 4) is 0 Å². The normalized spacial score (nSPS) is 19.8. The van der Waals surface area contributed by atoms with E-state index in [2.05, 4.69) is 32.7 Å². The third kappa shape index (κ3) is 4.10. The average Bonchev–Trinajstić information content (AvgIpc) is 3.46. The van der Waals surface area contributed by atoms with Crippen molar-refractivity contribution in [2.45, 2.75) is 36.4 Å². The quantitative estimate of drug-likeness (QED) is 0.534. The number of halogens is 1. The SMILES string of the molecule is CSc1ccc2c(c1)CNC2C(=O)Nc1ccc(N2CCCC2c2cccc(F)c2)cn1. The molecular weight excluding hydrogens is 423 g/mol. The molecule has 32 heavy (non-hydrogen) atoms. The van der Waals surface area contributed by atoms with Crippen LogP contribution in [0.4, 0.5) is 15.9 Å². The molecule has 2 atom stereocenters. The first-order valence-corrected chi connectivity index (χ1v) is 12.0. The minimum atomic E-state index is -0.377. The van der Waals surface area contributed by atoms with Gasteiger partial charge in [-0.05, 0) is 72.2 Å². The van der Waals surface area contributed by atoms with Crippen LogP contribution in [0.2, 0.25) is 0 Å². The summed E-state index contributed by atoms with van der Waals surface area (Å²) in [5, 5.41) is 6.23. The molecule has 2 aliphatic rings. The zero-order valence-electron chi connectivity index (χ0n) is 17.8. The van der Waals surface area contributed by atoms with Gasteiger partial charge in [0.05, 0.1) is 17.9 Å². The predicted molar refractivity (Wildman–Crippen MR) is 126 cm³/mol. The van der Waals surface area contributed by atoms with Crippen LogP contribution in [0.25, 0.3) is 0 Å². The lowest BCUT2D eigenvalue weighted by Crippen LogP contribution is -2.28. The minimum Gasteiger partial charge on any atom is -0.363 e. The van der Waals surface area contributed by atoms with Gasteiger partial charge in [-0.3, -0.25) is 10.1 Å². The molecule has 2 aromatic carbocycles. The summed E-state index contributed by atoms with van der Waals surface area (Å²) in [6, 6.07) is 16.6. The summed E-state index contributed by atoms with van der Waals surface area (Å²) in [5.41, 5.74) is 4.14. The van der Waals surface area contributed by atoms with Crippen LogP contribution in [0.3, 0.4) is 0 Å². The summed E-state index contributed by atoms with van der Waals surface area (Å²) in [6.45, 7) is 1.58. The van der Waals surface area contributed by atoms with Gasteiger partial charge in [0.2, 0.25) is 5.91 Å². The third-order valence-electron chi connectivity index (χ3n) is 6.24. The highest BCUT2D eigenvalue weighted by Crippen LogP contribution is 2.36. The van der Waals surface area contributed by atoms with Crippen LogP contribution in [0, 0.1) is 5.82 Å². The molecule has 164 valence electrons. The van der Waals surface area contributed by atoms with E-state index in [1.165, 1.54) is 11.0 Å². The van der Waals surface area contributed by atoms with Gasteiger partial charge in [0.25, 0.3) is 0 Å². The van der Waals surface area contributed by atoms with Gasteiger partial charge in [-0.25, -0.2) is 9.37 Å². The maximum atomic E-state index is 13.7. The van der Waals surface area contributed by atoms with Gasteiger partial charge in [-0.2, -0.15) is 0 Å². The van der Waals surface area contributed by atoms with E-state index in [0.717, 1.165) is 41.8 Å². The molecule has 0 radical (unpaired) electrons. The molecule has 5 rings (SSSR count). The number of nitrogens with zero attached hydrogens (tertiary/aromatic N) is 2. The average molecular weight is 449 g/mol. The number of carbonyl (C=O) groups excluding carboxylic acids is 1. The molecule has 1 fully saturated rings. The predicted octanol–water partition coefficient (Wildman–Crippen LogP) is 5.07. The van der Waals surface area contributed by atoms with Crippen LogP contribution in [-0.4, -0.2) is 23.7 Å². The molecule has 2 unspecified atom stereocenters. The number of carbonyl (C=O) groups is 1. The monoisotopic (exact) mass is 448 g/mol. The molecule has 3 aromatic rings. The highest BCUT2D eigenvalue weighted by Gasteiger charge is 2.29. The van der Waals surface area contributed by atoms with Crippen molar-refractivity contribution in [1.29, 1.82) is 0 Å². The van der Waals surface area contributed by atoms with Crippen molar-refractivity contribution in [3.63, 3.8) is 0 Å². The molecule has 0 bridgehead atoms. The van der Waals surface area contributed by atoms with Crippen molar-refractivity contribution in [2.24, 2.45) is 0 Å². The summed E-state index contributed by atoms with van der Waals surface area (Å²) in [7, 11) is 0. The molecular formula is C25H25FN4OS. The molecule has 2 N–H and O–H groups in total. The van der Waals surface area contributed by atoms with Crippen LogP contribution in [0.15, 0.2) is 65.7 Å².